The third-order valence-electron chi connectivity index (χ3n) is 5.37. The van der Waals surface area contributed by atoms with E-state index in [1.807, 2.05) is 24.3 Å². The number of phenolic OH excluding ortho intramolecular Hbond substituents is 1. The number of nitrogens with two attached hydrogens (primary N) is 1. The van der Waals surface area contributed by atoms with Crippen LogP contribution in [0.3, 0.4) is 0 Å². The highest BCUT2D eigenvalue weighted by Gasteiger charge is 2.36. The number of fused-ring (bicyclic) bond motifs is 6. The SMILES string of the molecule is Cl.NCC(=O)N1C[C@H]2NC(=O)CCc3ccc(O)c(c3)Oc3cccc(c3)[C@@H]2C1. The molecule has 2 aromatic carbocycles. The number of benzene rings is 2. The number of nitrogens with one attached hydrogen (secondary N) is 1. The Morgan fingerprint density at radius 3 is 2.83 bits per heavy atom. The van der Waals surface area contributed by atoms with E-state index in [-0.39, 0.29) is 48.5 Å². The Bertz CT molecular complexity index is 921. The number of aromatic hydroxyl groups is 1. The number of aryl methyl sites for hydroxylation is 1. The Morgan fingerprint density at radius 2 is 2.03 bits per heavy atom. The Morgan fingerprint density at radius 1 is 1.21 bits per heavy atom. The van der Waals surface area contributed by atoms with Crippen molar-refractivity contribution in [2.24, 2.45) is 5.73 Å². The molecular weight excluding hydrogens is 394 g/mol. The highest BCUT2D eigenvalue weighted by molar-refractivity contribution is 5.85. The van der Waals surface area contributed by atoms with Crippen LogP contribution in [0.4, 0.5) is 0 Å². The second-order valence-corrected chi connectivity index (χ2v) is 7.26. The third kappa shape index (κ3) is 4.46. The number of hydrogen-bond acceptors (Lipinski definition) is 5. The monoisotopic (exact) mass is 417 g/mol. The second-order valence-electron chi connectivity index (χ2n) is 7.26. The fourth-order valence-electron chi connectivity index (χ4n) is 3.89. The summed E-state index contributed by atoms with van der Waals surface area (Å²) in [6.45, 7) is 0.875. The van der Waals surface area contributed by atoms with Gasteiger partial charge in [0, 0.05) is 25.4 Å². The lowest BCUT2D eigenvalue weighted by Gasteiger charge is -2.20. The molecule has 7 nitrogen and oxygen atoms in total. The van der Waals surface area contributed by atoms with Gasteiger partial charge in [0.2, 0.25) is 11.8 Å². The van der Waals surface area contributed by atoms with Gasteiger partial charge in [-0.1, -0.05) is 18.2 Å². The van der Waals surface area contributed by atoms with Gasteiger partial charge in [-0.2, -0.15) is 0 Å². The van der Waals surface area contributed by atoms with Crippen LogP contribution in [0.2, 0.25) is 0 Å². The van der Waals surface area contributed by atoms with Gasteiger partial charge in [0.25, 0.3) is 0 Å². The van der Waals surface area contributed by atoms with Crippen LogP contribution >= 0.6 is 12.4 Å². The molecule has 0 aromatic heterocycles. The summed E-state index contributed by atoms with van der Waals surface area (Å²) in [7, 11) is 0. The molecule has 0 radical (unpaired) electrons. The molecule has 1 saturated heterocycles. The maximum atomic E-state index is 12.5. The summed E-state index contributed by atoms with van der Waals surface area (Å²) in [4.78, 5) is 26.3. The minimum atomic E-state index is -0.185. The summed E-state index contributed by atoms with van der Waals surface area (Å²) in [5.74, 6) is 0.751. The minimum absolute atomic E-state index is 0. The third-order valence-corrected chi connectivity index (χ3v) is 5.37. The fraction of sp³-hybridized carbons (Fsp3) is 0.333. The lowest BCUT2D eigenvalue weighted by atomic mass is 9.94. The molecule has 4 rings (SSSR count). The predicted octanol–water partition coefficient (Wildman–Crippen LogP) is 1.92. The summed E-state index contributed by atoms with van der Waals surface area (Å²) in [6.07, 6.45) is 0.846. The molecule has 1 fully saturated rings. The maximum absolute atomic E-state index is 12.5. The van der Waals surface area contributed by atoms with Crippen molar-refractivity contribution in [2.75, 3.05) is 19.6 Å². The number of likely N-dealkylation sites (tertiary alicyclic amines) is 1. The normalized spacial score (nSPS) is 20.7. The first-order valence-corrected chi connectivity index (χ1v) is 9.40. The van der Waals surface area contributed by atoms with Crippen molar-refractivity contribution < 1.29 is 19.4 Å². The van der Waals surface area contributed by atoms with E-state index in [4.69, 9.17) is 10.5 Å². The molecule has 2 aromatic rings. The Labute approximate surface area is 175 Å². The largest absolute Gasteiger partial charge is 0.504 e. The zero-order chi connectivity index (χ0) is 19.7. The number of hydrogen-bond donors (Lipinski definition) is 3. The van der Waals surface area contributed by atoms with Crippen LogP contribution in [0.25, 0.3) is 0 Å². The van der Waals surface area contributed by atoms with Crippen LogP contribution < -0.4 is 15.8 Å². The van der Waals surface area contributed by atoms with Gasteiger partial charge < -0.3 is 25.8 Å². The van der Waals surface area contributed by atoms with Crippen LogP contribution in [-0.4, -0.2) is 47.5 Å². The van der Waals surface area contributed by atoms with Crippen molar-refractivity contribution in [3.8, 4) is 17.2 Å². The van der Waals surface area contributed by atoms with Gasteiger partial charge in [-0.15, -0.1) is 12.4 Å². The lowest BCUT2D eigenvalue weighted by molar-refractivity contribution is -0.129. The number of halogens is 1. The number of amides is 2. The first-order chi connectivity index (χ1) is 13.5. The minimum Gasteiger partial charge on any atom is -0.504 e. The van der Waals surface area contributed by atoms with Crippen molar-refractivity contribution in [1.82, 2.24) is 10.2 Å². The Kier molecular flexibility index (Phi) is 6.30. The topological polar surface area (TPSA) is 105 Å². The highest BCUT2D eigenvalue weighted by atomic mass is 35.5. The number of ether oxygens (including phenoxy) is 1. The molecule has 8 heteroatoms. The average Bonchev–Trinajstić information content (AvgIpc) is 3.11. The first kappa shape index (κ1) is 21.0. The molecule has 2 aliphatic rings. The van der Waals surface area contributed by atoms with Gasteiger partial charge in [-0.05, 0) is 41.8 Å². The quantitative estimate of drug-likeness (QED) is 0.657. The Balaban J connectivity index is 0.00000240. The number of carbonyl (C=O) groups excluding carboxylic acids is 2. The number of rotatable bonds is 1. The number of phenols is 1. The van der Waals surface area contributed by atoms with Crippen molar-refractivity contribution >= 4 is 24.2 Å². The van der Waals surface area contributed by atoms with E-state index in [0.29, 0.717) is 37.4 Å². The number of nitrogens with zero attached hydrogens (tertiary/aromatic N) is 1. The molecule has 0 spiro atoms. The summed E-state index contributed by atoms with van der Waals surface area (Å²) in [5.41, 5.74) is 7.39. The molecule has 2 amide bonds. The van der Waals surface area contributed by atoms with Gasteiger partial charge in [0.05, 0.1) is 12.6 Å². The van der Waals surface area contributed by atoms with E-state index in [1.54, 1.807) is 23.1 Å². The molecule has 0 aliphatic carbocycles. The zero-order valence-corrected chi connectivity index (χ0v) is 16.7. The van der Waals surface area contributed by atoms with Gasteiger partial charge >= 0.3 is 0 Å². The molecule has 154 valence electrons. The van der Waals surface area contributed by atoms with Gasteiger partial charge in [-0.3, -0.25) is 9.59 Å². The molecule has 4 bridgehead atoms. The van der Waals surface area contributed by atoms with Gasteiger partial charge in [0.1, 0.15) is 5.75 Å². The van der Waals surface area contributed by atoms with Crippen LogP contribution in [-0.2, 0) is 16.0 Å². The van der Waals surface area contributed by atoms with Crippen LogP contribution in [0.15, 0.2) is 42.5 Å². The molecule has 4 N–H and O–H groups in total. The zero-order valence-electron chi connectivity index (χ0n) is 15.8. The van der Waals surface area contributed by atoms with Gasteiger partial charge in [-0.25, -0.2) is 0 Å². The smallest absolute Gasteiger partial charge is 0.236 e. The van der Waals surface area contributed by atoms with E-state index in [0.717, 1.165) is 11.1 Å². The van der Waals surface area contributed by atoms with Crippen molar-refractivity contribution in [3.63, 3.8) is 0 Å². The molecule has 2 aliphatic heterocycles. The van der Waals surface area contributed by atoms with E-state index in [2.05, 4.69) is 5.32 Å². The van der Waals surface area contributed by atoms with E-state index < -0.39 is 0 Å². The van der Waals surface area contributed by atoms with E-state index in [1.165, 1.54) is 0 Å². The van der Waals surface area contributed by atoms with Crippen molar-refractivity contribution in [2.45, 2.75) is 24.8 Å². The summed E-state index contributed by atoms with van der Waals surface area (Å²) < 4.78 is 5.92. The molecule has 0 unspecified atom stereocenters. The van der Waals surface area contributed by atoms with Crippen molar-refractivity contribution in [1.29, 1.82) is 0 Å². The van der Waals surface area contributed by atoms with Gasteiger partial charge in [0.15, 0.2) is 11.5 Å². The van der Waals surface area contributed by atoms with Crippen LogP contribution in [0.1, 0.15) is 23.5 Å². The maximum Gasteiger partial charge on any atom is 0.236 e. The standard InChI is InChI=1S/C21H23N3O4.ClH/c22-10-21(27)24-11-16-14-2-1-3-15(9-14)28-19-8-13(4-6-18(19)25)5-7-20(26)23-17(16)12-24;/h1-4,6,8-9,16-17,25H,5,7,10-12,22H2,(H,23,26);1H/t16-,17+;/m0./s1. The lowest BCUT2D eigenvalue weighted by Crippen LogP contribution is -2.41. The summed E-state index contributed by atoms with van der Waals surface area (Å²) >= 11 is 0. The highest BCUT2D eigenvalue weighted by Crippen LogP contribution is 2.35. The molecular formula is C21H24ClN3O4. The van der Waals surface area contributed by atoms with E-state index in [9.17, 15) is 14.7 Å². The number of carbonyl (C=O) groups is 2. The summed E-state index contributed by atoms with van der Waals surface area (Å²) in [6, 6.07) is 12.5. The average molecular weight is 418 g/mol. The van der Waals surface area contributed by atoms with Crippen LogP contribution in [0.5, 0.6) is 17.2 Å². The molecule has 0 saturated carbocycles. The molecule has 2 heterocycles. The predicted molar refractivity (Wildman–Crippen MR) is 110 cm³/mol. The van der Waals surface area contributed by atoms with E-state index >= 15 is 0 Å². The van der Waals surface area contributed by atoms with Crippen LogP contribution in [0, 0.1) is 0 Å². The fourth-order valence-corrected chi connectivity index (χ4v) is 3.89. The Hall–Kier alpha value is -2.77. The first-order valence-electron chi connectivity index (χ1n) is 9.40. The van der Waals surface area contributed by atoms with Crippen molar-refractivity contribution in [3.05, 3.63) is 53.6 Å². The second kappa shape index (κ2) is 8.71. The molecule has 2 atom stereocenters. The summed E-state index contributed by atoms with van der Waals surface area (Å²) in [5, 5.41) is 13.2. The molecule has 29 heavy (non-hydrogen) atoms.